The molecule has 1 heterocycles. The number of imide groups is 1. The van der Waals surface area contributed by atoms with Gasteiger partial charge < -0.3 is 14.8 Å². The second-order valence-corrected chi connectivity index (χ2v) is 6.76. The maximum Gasteiger partial charge on any atom is 0.413 e. The van der Waals surface area contributed by atoms with Crippen molar-refractivity contribution >= 4 is 34.2 Å². The first-order valence-corrected chi connectivity index (χ1v) is 8.91. The number of hydrogen-bond donors (Lipinski definition) is 2. The van der Waals surface area contributed by atoms with Gasteiger partial charge in [0.15, 0.2) is 6.61 Å². The van der Waals surface area contributed by atoms with Gasteiger partial charge in [-0.3, -0.25) is 14.9 Å². The fraction of sp³-hybridized carbons (Fsp3) is 0.278. The number of carbonyl (C=O) groups is 3. The number of fused-ring (bicyclic) bond motifs is 1. The molecule has 1 aliphatic rings. The van der Waals surface area contributed by atoms with Gasteiger partial charge in [0, 0.05) is 4.88 Å². The van der Waals surface area contributed by atoms with E-state index in [9.17, 15) is 14.4 Å². The quantitative estimate of drug-likeness (QED) is 0.839. The Morgan fingerprint density at radius 1 is 1.15 bits per heavy atom. The van der Waals surface area contributed by atoms with Gasteiger partial charge in [0.1, 0.15) is 10.8 Å². The molecule has 0 spiro atoms. The number of anilines is 1. The minimum absolute atomic E-state index is 0.176. The summed E-state index contributed by atoms with van der Waals surface area (Å²) in [5, 5.41) is 5.31. The average molecular weight is 374 g/mol. The van der Waals surface area contributed by atoms with Crippen LogP contribution in [0.5, 0.6) is 5.75 Å². The van der Waals surface area contributed by atoms with Gasteiger partial charge in [-0.2, -0.15) is 0 Å². The summed E-state index contributed by atoms with van der Waals surface area (Å²) >= 11 is 1.36. The number of ether oxygens (including phenoxy) is 2. The molecule has 0 fully saturated rings. The van der Waals surface area contributed by atoms with Crippen molar-refractivity contribution in [2.45, 2.75) is 19.3 Å². The molecular weight excluding hydrogens is 356 g/mol. The second-order valence-electron chi connectivity index (χ2n) is 5.66. The van der Waals surface area contributed by atoms with E-state index < -0.39 is 12.0 Å². The topological polar surface area (TPSA) is 93.7 Å². The monoisotopic (exact) mass is 374 g/mol. The first-order valence-electron chi connectivity index (χ1n) is 8.10. The van der Waals surface area contributed by atoms with Crippen molar-refractivity contribution < 1.29 is 23.9 Å². The van der Waals surface area contributed by atoms with Crippen LogP contribution in [0.4, 0.5) is 9.80 Å². The number of carbonyl (C=O) groups excluding carboxylic acids is 3. The maximum atomic E-state index is 12.4. The highest BCUT2D eigenvalue weighted by molar-refractivity contribution is 7.17. The lowest BCUT2D eigenvalue weighted by Gasteiger charge is -2.09. The Balaban J connectivity index is 1.72. The molecule has 0 unspecified atom stereocenters. The van der Waals surface area contributed by atoms with E-state index in [0.717, 1.165) is 29.7 Å². The SMILES string of the molecule is COC(=O)NC(=O)c1c(NC(=O)COc2ccccc2)sc2c1CCC2. The number of hydrogen-bond acceptors (Lipinski definition) is 6. The molecule has 1 aromatic carbocycles. The first-order chi connectivity index (χ1) is 12.6. The Labute approximate surface area is 154 Å². The van der Waals surface area contributed by atoms with E-state index in [1.807, 2.05) is 18.2 Å². The number of amides is 3. The van der Waals surface area contributed by atoms with Gasteiger partial charge in [0.05, 0.1) is 12.7 Å². The second kappa shape index (κ2) is 8.01. The van der Waals surface area contributed by atoms with Gasteiger partial charge in [-0.25, -0.2) is 4.79 Å². The van der Waals surface area contributed by atoms with Gasteiger partial charge >= 0.3 is 6.09 Å². The van der Waals surface area contributed by atoms with Crippen LogP contribution < -0.4 is 15.4 Å². The molecule has 3 rings (SSSR count). The van der Waals surface area contributed by atoms with Crippen LogP contribution in [-0.2, 0) is 22.4 Å². The molecule has 2 N–H and O–H groups in total. The summed E-state index contributed by atoms with van der Waals surface area (Å²) < 4.78 is 9.89. The predicted octanol–water partition coefficient (Wildman–Crippen LogP) is 2.75. The molecule has 3 amide bonds. The number of para-hydroxylation sites is 1. The molecule has 26 heavy (non-hydrogen) atoms. The van der Waals surface area contributed by atoms with E-state index in [-0.39, 0.29) is 12.5 Å². The third-order valence-electron chi connectivity index (χ3n) is 3.92. The Hall–Kier alpha value is -2.87. The van der Waals surface area contributed by atoms with Crippen LogP contribution in [0.3, 0.4) is 0 Å². The van der Waals surface area contributed by atoms with Gasteiger partial charge in [0.2, 0.25) is 0 Å². The molecule has 0 aliphatic heterocycles. The Bertz CT molecular complexity index is 832. The number of benzene rings is 1. The normalized spacial score (nSPS) is 12.2. The van der Waals surface area contributed by atoms with Crippen molar-refractivity contribution in [3.8, 4) is 5.75 Å². The fourth-order valence-corrected chi connectivity index (χ4v) is 4.07. The molecule has 2 aromatic rings. The largest absolute Gasteiger partial charge is 0.484 e. The molecule has 0 radical (unpaired) electrons. The van der Waals surface area contributed by atoms with Crippen LogP contribution in [0, 0.1) is 0 Å². The molecule has 7 nitrogen and oxygen atoms in total. The molecule has 0 saturated carbocycles. The zero-order chi connectivity index (χ0) is 18.5. The van der Waals surface area contributed by atoms with Gasteiger partial charge in [0.25, 0.3) is 11.8 Å². The summed E-state index contributed by atoms with van der Waals surface area (Å²) in [6.45, 7) is -0.176. The standard InChI is InChI=1S/C18H18N2O5S/c1-24-18(23)20-16(22)15-12-8-5-9-13(12)26-17(15)19-14(21)10-25-11-6-3-2-4-7-11/h2-4,6-7H,5,8-10H2,1H3,(H,19,21)(H,20,22,23). The van der Waals surface area contributed by atoms with E-state index in [0.29, 0.717) is 16.3 Å². The van der Waals surface area contributed by atoms with Crippen LogP contribution in [0.25, 0.3) is 0 Å². The van der Waals surface area contributed by atoms with Crippen molar-refractivity contribution in [3.05, 3.63) is 46.3 Å². The Morgan fingerprint density at radius 2 is 1.92 bits per heavy atom. The number of aryl methyl sites for hydroxylation is 1. The summed E-state index contributed by atoms with van der Waals surface area (Å²) in [7, 11) is 1.18. The van der Waals surface area contributed by atoms with Crippen LogP contribution >= 0.6 is 11.3 Å². The third-order valence-corrected chi connectivity index (χ3v) is 5.12. The van der Waals surface area contributed by atoms with E-state index in [4.69, 9.17) is 4.74 Å². The number of alkyl carbamates (subject to hydrolysis) is 1. The summed E-state index contributed by atoms with van der Waals surface area (Å²) in [4.78, 5) is 37.0. The number of thiophene rings is 1. The van der Waals surface area contributed by atoms with E-state index in [2.05, 4.69) is 15.4 Å². The molecule has 1 aliphatic carbocycles. The lowest BCUT2D eigenvalue weighted by Crippen LogP contribution is -2.31. The number of rotatable bonds is 5. The highest BCUT2D eigenvalue weighted by Gasteiger charge is 2.28. The molecule has 0 atom stereocenters. The van der Waals surface area contributed by atoms with Gasteiger partial charge in [-0.05, 0) is 37.0 Å². The lowest BCUT2D eigenvalue weighted by molar-refractivity contribution is -0.118. The minimum Gasteiger partial charge on any atom is -0.484 e. The molecule has 0 saturated heterocycles. The van der Waals surface area contributed by atoms with Crippen molar-refractivity contribution in [2.75, 3.05) is 19.0 Å². The minimum atomic E-state index is -0.836. The first kappa shape index (κ1) is 17.9. The van der Waals surface area contributed by atoms with Crippen LogP contribution in [0.1, 0.15) is 27.2 Å². The maximum absolute atomic E-state index is 12.4. The fourth-order valence-electron chi connectivity index (χ4n) is 2.77. The summed E-state index contributed by atoms with van der Waals surface area (Å²) in [5.74, 6) is -0.364. The molecule has 0 bridgehead atoms. The van der Waals surface area contributed by atoms with E-state index >= 15 is 0 Å². The molecule has 136 valence electrons. The summed E-state index contributed by atoms with van der Waals surface area (Å²) in [6.07, 6.45) is 1.71. The predicted molar refractivity (Wildman–Crippen MR) is 96.8 cm³/mol. The van der Waals surface area contributed by atoms with Gasteiger partial charge in [-0.15, -0.1) is 11.3 Å². The molecule has 8 heteroatoms. The van der Waals surface area contributed by atoms with Crippen molar-refractivity contribution in [1.82, 2.24) is 5.32 Å². The van der Waals surface area contributed by atoms with Crippen LogP contribution in [-0.4, -0.2) is 31.6 Å². The highest BCUT2D eigenvalue weighted by atomic mass is 32.1. The lowest BCUT2D eigenvalue weighted by atomic mass is 10.1. The number of methoxy groups -OCH3 is 1. The Morgan fingerprint density at radius 3 is 2.65 bits per heavy atom. The van der Waals surface area contributed by atoms with E-state index in [1.165, 1.54) is 18.4 Å². The third kappa shape index (κ3) is 4.02. The van der Waals surface area contributed by atoms with E-state index in [1.54, 1.807) is 12.1 Å². The van der Waals surface area contributed by atoms with Crippen molar-refractivity contribution in [3.63, 3.8) is 0 Å². The van der Waals surface area contributed by atoms with Crippen molar-refractivity contribution in [2.24, 2.45) is 0 Å². The molecule has 1 aromatic heterocycles. The van der Waals surface area contributed by atoms with Crippen LogP contribution in [0.15, 0.2) is 30.3 Å². The average Bonchev–Trinajstić information content (AvgIpc) is 3.21. The van der Waals surface area contributed by atoms with Gasteiger partial charge in [-0.1, -0.05) is 18.2 Å². The number of nitrogens with one attached hydrogen (secondary N) is 2. The van der Waals surface area contributed by atoms with Crippen molar-refractivity contribution in [1.29, 1.82) is 0 Å². The zero-order valence-corrected chi connectivity index (χ0v) is 15.0. The zero-order valence-electron chi connectivity index (χ0n) is 14.2. The summed E-state index contributed by atoms with van der Waals surface area (Å²) in [5.41, 5.74) is 1.22. The summed E-state index contributed by atoms with van der Waals surface area (Å²) in [6, 6.07) is 8.98. The Kier molecular flexibility index (Phi) is 5.52. The smallest absolute Gasteiger partial charge is 0.413 e. The van der Waals surface area contributed by atoms with Crippen LogP contribution in [0.2, 0.25) is 0 Å². The highest BCUT2D eigenvalue weighted by Crippen LogP contribution is 2.39. The molecular formula is C18H18N2O5S.